The number of cyclic esters (lactones) is 1. The molecule has 1 aliphatic heterocycles. The molecule has 4 nitrogen and oxygen atoms in total. The van der Waals surface area contributed by atoms with Crippen LogP contribution in [0, 0.1) is 0 Å². The molecule has 120 valence electrons. The molecule has 0 saturated carbocycles. The van der Waals surface area contributed by atoms with E-state index in [0.717, 1.165) is 25.0 Å². The lowest BCUT2D eigenvalue weighted by Gasteiger charge is -2.08. The van der Waals surface area contributed by atoms with Gasteiger partial charge in [0.05, 0.1) is 6.61 Å². The topological polar surface area (TPSA) is 55.8 Å². The Morgan fingerprint density at radius 1 is 1.04 bits per heavy atom. The lowest BCUT2D eigenvalue weighted by atomic mass is 10.1. The molecule has 0 spiro atoms. The number of unbranched alkanes of at least 4 members (excludes halogenated alkanes) is 2. The molecular weight excluding hydrogens is 292 g/mol. The van der Waals surface area contributed by atoms with Crippen molar-refractivity contribution < 1.29 is 19.4 Å². The summed E-state index contributed by atoms with van der Waals surface area (Å²) in [6.07, 6.45) is 3.84. The second-order valence-electron chi connectivity index (χ2n) is 5.68. The van der Waals surface area contributed by atoms with E-state index in [1.54, 1.807) is 0 Å². The Labute approximate surface area is 135 Å². The van der Waals surface area contributed by atoms with E-state index < -0.39 is 12.3 Å². The summed E-state index contributed by atoms with van der Waals surface area (Å²) < 4.78 is 10.4. The lowest BCUT2D eigenvalue weighted by molar-refractivity contribution is -0.151. The summed E-state index contributed by atoms with van der Waals surface area (Å²) in [7, 11) is 0. The first-order valence-electron chi connectivity index (χ1n) is 7.93. The van der Waals surface area contributed by atoms with Gasteiger partial charge in [-0.3, -0.25) is 0 Å². The predicted octanol–water partition coefficient (Wildman–Crippen LogP) is 3.58. The van der Waals surface area contributed by atoms with Crippen LogP contribution >= 0.6 is 0 Å². The number of esters is 1. The molecule has 0 radical (unpaired) electrons. The van der Waals surface area contributed by atoms with E-state index in [1.807, 2.05) is 18.2 Å². The molecule has 3 rings (SSSR count). The number of carbonyl (C=O) groups excluding carboxylic acids is 1. The van der Waals surface area contributed by atoms with Gasteiger partial charge in [-0.15, -0.1) is 0 Å². The number of aliphatic hydroxyl groups excluding tert-OH is 1. The molecule has 1 unspecified atom stereocenters. The highest BCUT2D eigenvalue weighted by atomic mass is 16.6. The Morgan fingerprint density at radius 3 is 2.65 bits per heavy atom. The van der Waals surface area contributed by atoms with E-state index in [4.69, 9.17) is 4.74 Å². The molecule has 0 saturated heterocycles. The van der Waals surface area contributed by atoms with Crippen molar-refractivity contribution in [2.45, 2.75) is 32.0 Å². The van der Waals surface area contributed by atoms with Gasteiger partial charge >= 0.3 is 5.97 Å². The number of carbonyl (C=O) groups is 1. The van der Waals surface area contributed by atoms with Crippen molar-refractivity contribution in [3.05, 3.63) is 54.1 Å². The van der Waals surface area contributed by atoms with Crippen LogP contribution in [0.4, 0.5) is 0 Å². The third-order valence-corrected chi connectivity index (χ3v) is 3.95. The quantitative estimate of drug-likeness (QED) is 0.627. The van der Waals surface area contributed by atoms with Crippen LogP contribution in [0.2, 0.25) is 0 Å². The maximum Gasteiger partial charge on any atom is 0.333 e. The van der Waals surface area contributed by atoms with Crippen LogP contribution in [0.25, 0.3) is 10.8 Å². The second kappa shape index (κ2) is 7.29. The van der Waals surface area contributed by atoms with E-state index in [1.165, 1.54) is 16.8 Å². The fourth-order valence-corrected chi connectivity index (χ4v) is 2.69. The van der Waals surface area contributed by atoms with Gasteiger partial charge in [0.2, 0.25) is 6.29 Å². The molecule has 1 heterocycles. The first kappa shape index (κ1) is 15.6. The van der Waals surface area contributed by atoms with Crippen molar-refractivity contribution >= 4 is 16.7 Å². The van der Waals surface area contributed by atoms with Crippen LogP contribution in [-0.4, -0.2) is 24.0 Å². The van der Waals surface area contributed by atoms with Crippen molar-refractivity contribution in [3.8, 4) is 5.75 Å². The molecule has 0 bridgehead atoms. The molecule has 0 aliphatic carbocycles. The summed E-state index contributed by atoms with van der Waals surface area (Å²) >= 11 is 0. The summed E-state index contributed by atoms with van der Waals surface area (Å²) in [4.78, 5) is 11.0. The molecule has 1 atom stereocenters. The van der Waals surface area contributed by atoms with Crippen molar-refractivity contribution in [2.24, 2.45) is 0 Å². The highest BCUT2D eigenvalue weighted by molar-refractivity contribution is 5.85. The number of hydrogen-bond acceptors (Lipinski definition) is 4. The van der Waals surface area contributed by atoms with Gasteiger partial charge in [0, 0.05) is 11.6 Å². The third-order valence-electron chi connectivity index (χ3n) is 3.95. The molecule has 2 aromatic rings. The molecule has 1 N–H and O–H groups in total. The number of fused-ring (bicyclic) bond motifs is 1. The highest BCUT2D eigenvalue weighted by Crippen LogP contribution is 2.22. The normalized spacial score (nSPS) is 17.2. The van der Waals surface area contributed by atoms with Gasteiger partial charge in [0.1, 0.15) is 5.75 Å². The SMILES string of the molecule is O=C1C=C(CCCCCOc2ccc3ccccc3c2)C(O)O1. The van der Waals surface area contributed by atoms with Gasteiger partial charge in [-0.1, -0.05) is 30.3 Å². The first-order valence-corrected chi connectivity index (χ1v) is 7.93. The molecule has 0 fully saturated rings. The minimum absolute atomic E-state index is 0.452. The van der Waals surface area contributed by atoms with E-state index >= 15 is 0 Å². The van der Waals surface area contributed by atoms with E-state index in [0.29, 0.717) is 18.6 Å². The van der Waals surface area contributed by atoms with Gasteiger partial charge in [0.15, 0.2) is 0 Å². The fourth-order valence-electron chi connectivity index (χ4n) is 2.69. The smallest absolute Gasteiger partial charge is 0.333 e. The van der Waals surface area contributed by atoms with Crippen LogP contribution in [0.1, 0.15) is 25.7 Å². The van der Waals surface area contributed by atoms with Crippen LogP contribution in [0.5, 0.6) is 5.75 Å². The molecule has 1 aliphatic rings. The van der Waals surface area contributed by atoms with Crippen LogP contribution in [0.3, 0.4) is 0 Å². The zero-order valence-electron chi connectivity index (χ0n) is 12.9. The zero-order valence-corrected chi connectivity index (χ0v) is 12.9. The van der Waals surface area contributed by atoms with Gasteiger partial charge in [-0.2, -0.15) is 0 Å². The number of benzene rings is 2. The van der Waals surface area contributed by atoms with Gasteiger partial charge in [0.25, 0.3) is 0 Å². The van der Waals surface area contributed by atoms with Gasteiger partial charge in [-0.25, -0.2) is 4.79 Å². The summed E-state index contributed by atoms with van der Waals surface area (Å²) in [5, 5.41) is 11.8. The molecular formula is C19H20O4. The number of aliphatic hydroxyl groups is 1. The maximum absolute atomic E-state index is 11.0. The minimum Gasteiger partial charge on any atom is -0.494 e. The average molecular weight is 312 g/mol. The molecule has 0 aromatic heterocycles. The van der Waals surface area contributed by atoms with Gasteiger partial charge < -0.3 is 14.6 Å². The Kier molecular flexibility index (Phi) is 4.93. The van der Waals surface area contributed by atoms with E-state index in [2.05, 4.69) is 29.0 Å². The van der Waals surface area contributed by atoms with Crippen molar-refractivity contribution in [1.82, 2.24) is 0 Å². The van der Waals surface area contributed by atoms with Crippen LogP contribution in [-0.2, 0) is 9.53 Å². The van der Waals surface area contributed by atoms with E-state index in [-0.39, 0.29) is 0 Å². The van der Waals surface area contributed by atoms with Crippen LogP contribution in [0.15, 0.2) is 54.1 Å². The number of ether oxygens (including phenoxy) is 2. The van der Waals surface area contributed by atoms with Crippen molar-refractivity contribution in [2.75, 3.05) is 6.61 Å². The average Bonchev–Trinajstić information content (AvgIpc) is 2.88. The summed E-state index contributed by atoms with van der Waals surface area (Å²) in [6, 6.07) is 14.3. The fraction of sp³-hybridized carbons (Fsp3) is 0.316. The molecule has 4 heteroatoms. The third kappa shape index (κ3) is 4.11. The minimum atomic E-state index is -1.05. The second-order valence-corrected chi connectivity index (χ2v) is 5.68. The lowest BCUT2D eigenvalue weighted by Crippen LogP contribution is -2.10. The number of hydrogen-bond donors (Lipinski definition) is 1. The Bertz CT molecular complexity index is 720. The summed E-state index contributed by atoms with van der Waals surface area (Å²) in [5.41, 5.74) is 0.672. The Hall–Kier alpha value is -2.33. The van der Waals surface area contributed by atoms with Crippen LogP contribution < -0.4 is 4.74 Å². The van der Waals surface area contributed by atoms with Crippen molar-refractivity contribution in [3.63, 3.8) is 0 Å². The van der Waals surface area contributed by atoms with Crippen molar-refractivity contribution in [1.29, 1.82) is 0 Å². The molecule has 23 heavy (non-hydrogen) atoms. The largest absolute Gasteiger partial charge is 0.494 e. The zero-order chi connectivity index (χ0) is 16.1. The number of rotatable bonds is 7. The standard InChI is InChI=1S/C19H20O4/c20-18-13-16(19(21)23-18)8-2-1-5-11-22-17-10-9-14-6-3-4-7-15(14)12-17/h3-4,6-7,9-10,12-13,19,21H,1-2,5,8,11H2. The first-order chi connectivity index (χ1) is 11.2. The maximum atomic E-state index is 11.0. The Balaban J connectivity index is 1.38. The van der Waals surface area contributed by atoms with Gasteiger partial charge in [-0.05, 0) is 48.6 Å². The molecule has 2 aromatic carbocycles. The summed E-state index contributed by atoms with van der Waals surface area (Å²) in [6.45, 7) is 0.662. The monoisotopic (exact) mass is 312 g/mol. The Morgan fingerprint density at radius 2 is 1.87 bits per heavy atom. The van der Waals surface area contributed by atoms with E-state index in [9.17, 15) is 9.90 Å². The molecule has 0 amide bonds. The summed E-state index contributed by atoms with van der Waals surface area (Å²) in [5.74, 6) is 0.434. The highest BCUT2D eigenvalue weighted by Gasteiger charge is 2.22. The predicted molar refractivity (Wildman–Crippen MR) is 88.1 cm³/mol.